The van der Waals surface area contributed by atoms with Gasteiger partial charge in [-0.25, -0.2) is 4.79 Å². The van der Waals surface area contributed by atoms with E-state index >= 15 is 0 Å². The van der Waals surface area contributed by atoms with Gasteiger partial charge in [-0.3, -0.25) is 4.79 Å². The molecular formula is C16H19NO4. The second kappa shape index (κ2) is 5.39. The average Bonchev–Trinajstić information content (AvgIpc) is 3.14. The Hall–Kier alpha value is -2.04. The number of carboxylic acid groups (broad SMARTS) is 1. The van der Waals surface area contributed by atoms with Gasteiger partial charge in [0, 0.05) is 12.5 Å². The van der Waals surface area contributed by atoms with Gasteiger partial charge < -0.3 is 14.7 Å². The molecule has 1 heterocycles. The van der Waals surface area contributed by atoms with Crippen LogP contribution in [0.4, 0.5) is 0 Å². The van der Waals surface area contributed by atoms with Gasteiger partial charge in [-0.2, -0.15) is 0 Å². The molecule has 1 amide bonds. The van der Waals surface area contributed by atoms with Crippen molar-refractivity contribution in [1.29, 1.82) is 0 Å². The number of likely N-dealkylation sites (tertiary alicyclic amines) is 1. The summed E-state index contributed by atoms with van der Waals surface area (Å²) < 4.78 is 5.20. The molecule has 0 aromatic heterocycles. The van der Waals surface area contributed by atoms with Gasteiger partial charge >= 0.3 is 5.97 Å². The lowest BCUT2D eigenvalue weighted by Crippen LogP contribution is -2.41. The summed E-state index contributed by atoms with van der Waals surface area (Å²) in [7, 11) is 1.62. The summed E-state index contributed by atoms with van der Waals surface area (Å²) in [6, 6.07) is 7.12. The zero-order valence-corrected chi connectivity index (χ0v) is 12.0. The number of hydrogen-bond acceptors (Lipinski definition) is 3. The Morgan fingerprint density at radius 2 is 2.19 bits per heavy atom. The van der Waals surface area contributed by atoms with Crippen LogP contribution < -0.4 is 4.74 Å². The molecule has 2 fully saturated rings. The summed E-state index contributed by atoms with van der Waals surface area (Å²) in [5, 5.41) is 9.18. The van der Waals surface area contributed by atoms with Crippen LogP contribution in [0.15, 0.2) is 24.3 Å². The van der Waals surface area contributed by atoms with E-state index in [1.807, 2.05) is 24.3 Å². The van der Waals surface area contributed by atoms with Crippen molar-refractivity contribution in [2.45, 2.75) is 31.2 Å². The predicted octanol–water partition coefficient (Wildman–Crippen LogP) is 1.87. The molecule has 112 valence electrons. The first-order valence-electron chi connectivity index (χ1n) is 7.29. The van der Waals surface area contributed by atoms with E-state index in [9.17, 15) is 14.7 Å². The summed E-state index contributed by atoms with van der Waals surface area (Å²) in [6.45, 7) is 0.567. The van der Waals surface area contributed by atoms with Crippen molar-refractivity contribution in [1.82, 2.24) is 4.90 Å². The molecule has 5 nitrogen and oxygen atoms in total. The van der Waals surface area contributed by atoms with Crippen LogP contribution in [0.3, 0.4) is 0 Å². The minimum absolute atomic E-state index is 0.00674. The summed E-state index contributed by atoms with van der Waals surface area (Å²) in [5.41, 5.74) is 1.10. The molecule has 3 atom stereocenters. The first-order chi connectivity index (χ1) is 10.1. The molecule has 0 spiro atoms. The number of amides is 1. The minimum Gasteiger partial charge on any atom is -0.497 e. The topological polar surface area (TPSA) is 66.8 Å². The van der Waals surface area contributed by atoms with E-state index in [1.54, 1.807) is 12.0 Å². The predicted molar refractivity (Wildman–Crippen MR) is 76.2 cm³/mol. The maximum atomic E-state index is 12.5. The molecule has 1 N–H and O–H groups in total. The average molecular weight is 289 g/mol. The van der Waals surface area contributed by atoms with Gasteiger partial charge in [0.2, 0.25) is 5.91 Å². The largest absolute Gasteiger partial charge is 0.497 e. The van der Waals surface area contributed by atoms with E-state index in [4.69, 9.17) is 4.74 Å². The molecule has 5 heteroatoms. The number of carboxylic acids is 1. The fraction of sp³-hybridized carbons (Fsp3) is 0.500. The van der Waals surface area contributed by atoms with Crippen molar-refractivity contribution in [3.05, 3.63) is 29.8 Å². The van der Waals surface area contributed by atoms with E-state index in [0.29, 0.717) is 13.0 Å². The minimum atomic E-state index is -0.889. The van der Waals surface area contributed by atoms with E-state index in [2.05, 4.69) is 0 Å². The normalized spacial score (nSPS) is 27.5. The Kier molecular flexibility index (Phi) is 3.57. The number of benzene rings is 1. The molecule has 0 radical (unpaired) electrons. The SMILES string of the molecule is COc1cccc([C@@H]2C[C@@H]2C(=O)N2CCC[C@H]2C(=O)O)c1. The summed E-state index contributed by atoms with van der Waals surface area (Å²) in [4.78, 5) is 25.2. The quantitative estimate of drug-likeness (QED) is 0.919. The van der Waals surface area contributed by atoms with Gasteiger partial charge in [0.15, 0.2) is 0 Å². The third kappa shape index (κ3) is 2.60. The Labute approximate surface area is 123 Å². The lowest BCUT2D eigenvalue weighted by Gasteiger charge is -2.21. The zero-order valence-electron chi connectivity index (χ0n) is 12.0. The van der Waals surface area contributed by atoms with Crippen molar-refractivity contribution in [3.8, 4) is 5.75 Å². The Morgan fingerprint density at radius 3 is 2.90 bits per heavy atom. The summed E-state index contributed by atoms with van der Waals surface area (Å²) in [6.07, 6.45) is 2.14. The van der Waals surface area contributed by atoms with Crippen LogP contribution in [0.2, 0.25) is 0 Å². The molecule has 0 bridgehead atoms. The van der Waals surface area contributed by atoms with Crippen LogP contribution in [0, 0.1) is 5.92 Å². The Bertz CT molecular complexity index is 571. The molecule has 1 aliphatic carbocycles. The lowest BCUT2D eigenvalue weighted by atomic mass is 10.1. The monoisotopic (exact) mass is 289 g/mol. The van der Waals surface area contributed by atoms with Crippen LogP contribution in [-0.2, 0) is 9.59 Å². The molecule has 1 aliphatic heterocycles. The van der Waals surface area contributed by atoms with Gasteiger partial charge in [0.05, 0.1) is 7.11 Å². The van der Waals surface area contributed by atoms with Gasteiger partial charge in [0.1, 0.15) is 11.8 Å². The molecule has 3 rings (SSSR count). The molecule has 2 aliphatic rings. The molecule has 1 saturated carbocycles. The van der Waals surface area contributed by atoms with Crippen LogP contribution in [-0.4, -0.2) is 41.6 Å². The fourth-order valence-corrected chi connectivity index (χ4v) is 3.21. The zero-order chi connectivity index (χ0) is 15.0. The number of aliphatic carboxylic acids is 1. The van der Waals surface area contributed by atoms with Crippen LogP contribution in [0.5, 0.6) is 5.75 Å². The highest BCUT2D eigenvalue weighted by atomic mass is 16.5. The standard InChI is InChI=1S/C16H19NO4/c1-21-11-5-2-4-10(8-11)12-9-13(12)15(18)17-7-3-6-14(17)16(19)20/h2,4-5,8,12-14H,3,6-7,9H2,1H3,(H,19,20)/t12-,13-,14-/m0/s1. The number of ether oxygens (including phenoxy) is 1. The smallest absolute Gasteiger partial charge is 0.326 e. The van der Waals surface area contributed by atoms with Gasteiger partial charge in [-0.1, -0.05) is 12.1 Å². The fourth-order valence-electron chi connectivity index (χ4n) is 3.21. The van der Waals surface area contributed by atoms with E-state index < -0.39 is 12.0 Å². The second-order valence-electron chi connectivity index (χ2n) is 5.75. The van der Waals surface area contributed by atoms with Crippen molar-refractivity contribution < 1.29 is 19.4 Å². The molecule has 1 saturated heterocycles. The maximum absolute atomic E-state index is 12.5. The summed E-state index contributed by atoms with van der Waals surface area (Å²) >= 11 is 0. The second-order valence-corrected chi connectivity index (χ2v) is 5.75. The van der Waals surface area contributed by atoms with Crippen LogP contribution in [0.25, 0.3) is 0 Å². The molecular weight excluding hydrogens is 270 g/mol. The van der Waals surface area contributed by atoms with Crippen LogP contribution >= 0.6 is 0 Å². The number of rotatable bonds is 4. The third-order valence-electron chi connectivity index (χ3n) is 4.45. The van der Waals surface area contributed by atoms with Crippen molar-refractivity contribution in [3.63, 3.8) is 0 Å². The maximum Gasteiger partial charge on any atom is 0.326 e. The first kappa shape index (κ1) is 13.9. The van der Waals surface area contributed by atoms with Crippen molar-refractivity contribution >= 4 is 11.9 Å². The Balaban J connectivity index is 1.69. The molecule has 21 heavy (non-hydrogen) atoms. The highest BCUT2D eigenvalue weighted by Gasteiger charge is 2.48. The van der Waals surface area contributed by atoms with Gasteiger partial charge in [-0.05, 0) is 42.9 Å². The Morgan fingerprint density at radius 1 is 1.38 bits per heavy atom. The van der Waals surface area contributed by atoms with E-state index in [-0.39, 0.29) is 17.7 Å². The number of carbonyl (C=O) groups is 2. The molecule has 1 aromatic rings. The highest BCUT2D eigenvalue weighted by Crippen LogP contribution is 2.49. The highest BCUT2D eigenvalue weighted by molar-refractivity contribution is 5.88. The van der Waals surface area contributed by atoms with E-state index in [0.717, 1.165) is 24.2 Å². The lowest BCUT2D eigenvalue weighted by molar-refractivity contribution is -0.148. The number of hydrogen-bond donors (Lipinski definition) is 1. The van der Waals surface area contributed by atoms with Crippen molar-refractivity contribution in [2.24, 2.45) is 5.92 Å². The number of methoxy groups -OCH3 is 1. The third-order valence-corrected chi connectivity index (χ3v) is 4.45. The number of nitrogens with zero attached hydrogens (tertiary/aromatic N) is 1. The van der Waals surface area contributed by atoms with E-state index in [1.165, 1.54) is 0 Å². The summed E-state index contributed by atoms with van der Waals surface area (Å²) in [5.74, 6) is 0.0158. The molecule has 1 aromatic carbocycles. The first-order valence-corrected chi connectivity index (χ1v) is 7.29. The van der Waals surface area contributed by atoms with Gasteiger partial charge in [-0.15, -0.1) is 0 Å². The van der Waals surface area contributed by atoms with Crippen molar-refractivity contribution in [2.75, 3.05) is 13.7 Å². The van der Waals surface area contributed by atoms with Crippen LogP contribution in [0.1, 0.15) is 30.7 Å². The molecule has 0 unspecified atom stereocenters. The van der Waals surface area contributed by atoms with Gasteiger partial charge in [0.25, 0.3) is 0 Å². The number of carbonyl (C=O) groups excluding carboxylic acids is 1.